The molecule has 116 valence electrons. The maximum atomic E-state index is 6.00. The molecule has 1 fully saturated rings. The minimum absolute atomic E-state index is 0.656. The highest BCUT2D eigenvalue weighted by molar-refractivity contribution is 5.78. The lowest BCUT2D eigenvalue weighted by Crippen LogP contribution is -2.44. The Balaban J connectivity index is 1.64. The Labute approximate surface area is 127 Å². The van der Waals surface area contributed by atoms with Crippen LogP contribution in [0.1, 0.15) is 12.0 Å². The summed E-state index contributed by atoms with van der Waals surface area (Å²) in [6.45, 7) is 5.97. The molecule has 0 saturated carbocycles. The molecule has 21 heavy (non-hydrogen) atoms. The zero-order valence-electron chi connectivity index (χ0n) is 12.9. The molecule has 5 heteroatoms. The van der Waals surface area contributed by atoms with Gasteiger partial charge in [-0.2, -0.15) is 0 Å². The maximum Gasteiger partial charge on any atom is 0.191 e. The molecule has 1 heterocycles. The van der Waals surface area contributed by atoms with Crippen LogP contribution in [0.15, 0.2) is 35.3 Å². The van der Waals surface area contributed by atoms with Crippen molar-refractivity contribution in [3.63, 3.8) is 0 Å². The van der Waals surface area contributed by atoms with E-state index >= 15 is 0 Å². The minimum Gasteiger partial charge on any atom is -0.378 e. The van der Waals surface area contributed by atoms with Crippen LogP contribution in [-0.4, -0.2) is 62.2 Å². The number of ether oxygens (including phenoxy) is 1. The van der Waals surface area contributed by atoms with E-state index in [9.17, 15) is 0 Å². The Hall–Kier alpha value is -1.59. The molecule has 1 aromatic carbocycles. The molecule has 0 aliphatic carbocycles. The SMILES string of the molecule is CN(CCCN=C(N)N1CCOCC1)Cc1ccccc1. The molecule has 1 aliphatic heterocycles. The van der Waals surface area contributed by atoms with Gasteiger partial charge in [-0.25, -0.2) is 0 Å². The lowest BCUT2D eigenvalue weighted by atomic mass is 10.2. The van der Waals surface area contributed by atoms with Gasteiger partial charge in [0.05, 0.1) is 13.2 Å². The van der Waals surface area contributed by atoms with E-state index in [2.05, 4.69) is 46.1 Å². The Morgan fingerprint density at radius 1 is 1.29 bits per heavy atom. The van der Waals surface area contributed by atoms with Crippen LogP contribution < -0.4 is 5.73 Å². The van der Waals surface area contributed by atoms with Gasteiger partial charge in [0.2, 0.25) is 0 Å². The fraction of sp³-hybridized carbons (Fsp3) is 0.562. The maximum absolute atomic E-state index is 6.00. The molecule has 0 spiro atoms. The summed E-state index contributed by atoms with van der Waals surface area (Å²) in [7, 11) is 2.14. The van der Waals surface area contributed by atoms with E-state index in [1.165, 1.54) is 5.56 Å². The van der Waals surface area contributed by atoms with Crippen LogP contribution in [-0.2, 0) is 11.3 Å². The Morgan fingerprint density at radius 2 is 2.00 bits per heavy atom. The number of aliphatic imine (C=N–C) groups is 1. The first kappa shape index (κ1) is 15.8. The normalized spacial score (nSPS) is 16.5. The Morgan fingerprint density at radius 3 is 2.71 bits per heavy atom. The molecule has 2 N–H and O–H groups in total. The largest absolute Gasteiger partial charge is 0.378 e. The molecular weight excluding hydrogens is 264 g/mol. The monoisotopic (exact) mass is 290 g/mol. The van der Waals surface area contributed by atoms with Gasteiger partial charge in [-0.05, 0) is 25.6 Å². The smallest absolute Gasteiger partial charge is 0.191 e. The first-order valence-electron chi connectivity index (χ1n) is 7.61. The number of hydrogen-bond donors (Lipinski definition) is 1. The predicted octanol–water partition coefficient (Wildman–Crippen LogP) is 1.16. The fourth-order valence-corrected chi connectivity index (χ4v) is 2.40. The zero-order chi connectivity index (χ0) is 14.9. The summed E-state index contributed by atoms with van der Waals surface area (Å²) in [5, 5.41) is 0. The summed E-state index contributed by atoms with van der Waals surface area (Å²) in [6, 6.07) is 10.5. The van der Waals surface area contributed by atoms with E-state index in [0.29, 0.717) is 5.96 Å². The average molecular weight is 290 g/mol. The molecule has 1 aliphatic rings. The van der Waals surface area contributed by atoms with Crippen molar-refractivity contribution in [1.82, 2.24) is 9.80 Å². The second-order valence-corrected chi connectivity index (χ2v) is 5.42. The van der Waals surface area contributed by atoms with Gasteiger partial charge in [0, 0.05) is 26.2 Å². The summed E-state index contributed by atoms with van der Waals surface area (Å²) in [4.78, 5) is 8.87. The summed E-state index contributed by atoms with van der Waals surface area (Å²) in [5.74, 6) is 0.656. The third-order valence-electron chi connectivity index (χ3n) is 3.60. The number of rotatable bonds is 6. The lowest BCUT2D eigenvalue weighted by molar-refractivity contribution is 0.0674. The first-order valence-corrected chi connectivity index (χ1v) is 7.61. The van der Waals surface area contributed by atoms with Crippen molar-refractivity contribution >= 4 is 5.96 Å². The second kappa shape index (κ2) is 8.64. The quantitative estimate of drug-likeness (QED) is 0.485. The number of morpholine rings is 1. The number of benzene rings is 1. The number of hydrogen-bond acceptors (Lipinski definition) is 3. The van der Waals surface area contributed by atoms with Gasteiger partial charge in [0.1, 0.15) is 0 Å². The molecule has 0 bridgehead atoms. The van der Waals surface area contributed by atoms with Crippen LogP contribution in [0.3, 0.4) is 0 Å². The van der Waals surface area contributed by atoms with Crippen molar-refractivity contribution in [1.29, 1.82) is 0 Å². The van der Waals surface area contributed by atoms with E-state index in [0.717, 1.165) is 52.4 Å². The number of nitrogens with zero attached hydrogens (tertiary/aromatic N) is 3. The first-order chi connectivity index (χ1) is 10.3. The van der Waals surface area contributed by atoms with Crippen molar-refractivity contribution in [3.05, 3.63) is 35.9 Å². The van der Waals surface area contributed by atoms with Crippen LogP contribution in [0, 0.1) is 0 Å². The van der Waals surface area contributed by atoms with Gasteiger partial charge in [0.15, 0.2) is 5.96 Å². The highest BCUT2D eigenvalue weighted by Crippen LogP contribution is 2.03. The fourth-order valence-electron chi connectivity index (χ4n) is 2.40. The molecular formula is C16H26N4O. The predicted molar refractivity (Wildman–Crippen MR) is 86.3 cm³/mol. The highest BCUT2D eigenvalue weighted by Gasteiger charge is 2.11. The lowest BCUT2D eigenvalue weighted by Gasteiger charge is -2.27. The van der Waals surface area contributed by atoms with E-state index < -0.39 is 0 Å². The molecule has 0 amide bonds. The van der Waals surface area contributed by atoms with Crippen molar-refractivity contribution in [2.75, 3.05) is 46.4 Å². The molecule has 0 radical (unpaired) electrons. The van der Waals surface area contributed by atoms with E-state index in [-0.39, 0.29) is 0 Å². The van der Waals surface area contributed by atoms with E-state index in [1.54, 1.807) is 0 Å². The van der Waals surface area contributed by atoms with Crippen LogP contribution >= 0.6 is 0 Å². The van der Waals surface area contributed by atoms with Crippen LogP contribution in [0.4, 0.5) is 0 Å². The van der Waals surface area contributed by atoms with Crippen LogP contribution in [0.2, 0.25) is 0 Å². The number of nitrogens with two attached hydrogens (primary N) is 1. The van der Waals surface area contributed by atoms with Crippen molar-refractivity contribution in [2.45, 2.75) is 13.0 Å². The van der Waals surface area contributed by atoms with Crippen LogP contribution in [0.5, 0.6) is 0 Å². The average Bonchev–Trinajstić information content (AvgIpc) is 2.53. The Bertz CT molecular complexity index is 429. The summed E-state index contributed by atoms with van der Waals surface area (Å²) in [6.07, 6.45) is 1.02. The third-order valence-corrected chi connectivity index (χ3v) is 3.60. The second-order valence-electron chi connectivity index (χ2n) is 5.42. The van der Waals surface area contributed by atoms with Gasteiger partial charge in [-0.15, -0.1) is 0 Å². The van der Waals surface area contributed by atoms with Gasteiger partial charge < -0.3 is 20.3 Å². The van der Waals surface area contributed by atoms with E-state index in [4.69, 9.17) is 10.5 Å². The molecule has 5 nitrogen and oxygen atoms in total. The van der Waals surface area contributed by atoms with Crippen molar-refractivity contribution < 1.29 is 4.74 Å². The Kier molecular flexibility index (Phi) is 6.50. The third kappa shape index (κ3) is 5.73. The highest BCUT2D eigenvalue weighted by atomic mass is 16.5. The zero-order valence-corrected chi connectivity index (χ0v) is 12.9. The molecule has 0 aromatic heterocycles. The topological polar surface area (TPSA) is 54.1 Å². The van der Waals surface area contributed by atoms with E-state index in [1.807, 2.05) is 6.07 Å². The standard InChI is InChI=1S/C16H26N4O/c1-19(14-15-6-3-2-4-7-15)9-5-8-18-16(17)20-10-12-21-13-11-20/h2-4,6-7H,5,8-14H2,1H3,(H2,17,18). The summed E-state index contributed by atoms with van der Waals surface area (Å²) >= 11 is 0. The molecule has 0 atom stereocenters. The van der Waals surface area contributed by atoms with Gasteiger partial charge in [-0.3, -0.25) is 4.99 Å². The number of guanidine groups is 1. The van der Waals surface area contributed by atoms with Gasteiger partial charge >= 0.3 is 0 Å². The molecule has 0 unspecified atom stereocenters. The molecule has 2 rings (SSSR count). The molecule has 1 aromatic rings. The van der Waals surface area contributed by atoms with Crippen molar-refractivity contribution in [3.8, 4) is 0 Å². The van der Waals surface area contributed by atoms with Crippen molar-refractivity contribution in [2.24, 2.45) is 10.7 Å². The van der Waals surface area contributed by atoms with Gasteiger partial charge in [-0.1, -0.05) is 30.3 Å². The summed E-state index contributed by atoms with van der Waals surface area (Å²) in [5.41, 5.74) is 7.34. The summed E-state index contributed by atoms with van der Waals surface area (Å²) < 4.78 is 5.30. The minimum atomic E-state index is 0.656. The van der Waals surface area contributed by atoms with Gasteiger partial charge in [0.25, 0.3) is 0 Å². The molecule has 1 saturated heterocycles. The van der Waals surface area contributed by atoms with Crippen LogP contribution in [0.25, 0.3) is 0 Å².